The zero-order chi connectivity index (χ0) is 10.4. The Hall–Kier alpha value is -0.830. The van der Waals surface area contributed by atoms with Crippen molar-refractivity contribution in [3.05, 3.63) is 33.3 Å². The third-order valence-corrected chi connectivity index (χ3v) is 2.35. The van der Waals surface area contributed by atoms with Crippen LogP contribution in [0.15, 0.2) is 16.6 Å². The molecule has 0 bridgehead atoms. The van der Waals surface area contributed by atoms with E-state index in [1.54, 1.807) is 0 Å². The van der Waals surface area contributed by atoms with Crippen LogP contribution in [0.3, 0.4) is 0 Å². The van der Waals surface area contributed by atoms with Crippen LogP contribution in [0, 0.1) is 20.8 Å². The number of carbonyl (C=O) groups excluding carboxylic acids is 1. The summed E-state index contributed by atoms with van der Waals surface area (Å²) in [5, 5.41) is 0. The van der Waals surface area contributed by atoms with Gasteiger partial charge in [-0.2, -0.15) is 0 Å². The van der Waals surface area contributed by atoms with Crippen molar-refractivity contribution in [3.8, 4) is 0 Å². The Morgan fingerprint density at radius 1 is 1.23 bits per heavy atom. The van der Waals surface area contributed by atoms with E-state index in [1.807, 2.05) is 0 Å². The number of primary amides is 1. The Bertz CT molecular complexity index is 274. The lowest BCUT2D eigenvalue weighted by atomic mass is 10.1. The van der Waals surface area contributed by atoms with Crippen molar-refractivity contribution in [1.82, 2.24) is 0 Å². The van der Waals surface area contributed by atoms with Crippen molar-refractivity contribution in [2.45, 2.75) is 20.8 Å². The summed E-state index contributed by atoms with van der Waals surface area (Å²) < 4.78 is 1.17. The first kappa shape index (κ1) is 12.2. The highest BCUT2D eigenvalue weighted by Gasteiger charge is 1.96. The Balaban J connectivity index is 0.000000424. The topological polar surface area (TPSA) is 43.1 Å². The average molecular weight is 244 g/mol. The molecular weight excluding hydrogens is 230 g/mol. The lowest BCUT2D eigenvalue weighted by molar-refractivity contribution is -0.106. The predicted octanol–water partition coefficient (Wildman–Crippen LogP) is 2.48. The van der Waals surface area contributed by atoms with Gasteiger partial charge in [0.1, 0.15) is 0 Å². The van der Waals surface area contributed by atoms with Gasteiger partial charge >= 0.3 is 0 Å². The van der Waals surface area contributed by atoms with Crippen LogP contribution in [0.4, 0.5) is 0 Å². The number of rotatable bonds is 0. The molecule has 3 heteroatoms. The summed E-state index contributed by atoms with van der Waals surface area (Å²) in [6.07, 6.45) is 0.250. The largest absolute Gasteiger partial charge is 0.372 e. The predicted molar refractivity (Wildman–Crippen MR) is 58.6 cm³/mol. The van der Waals surface area contributed by atoms with Crippen LogP contribution in [-0.2, 0) is 4.79 Å². The summed E-state index contributed by atoms with van der Waals surface area (Å²) in [6, 6.07) is 4.28. The minimum absolute atomic E-state index is 0.250. The van der Waals surface area contributed by atoms with E-state index in [4.69, 9.17) is 4.79 Å². The van der Waals surface area contributed by atoms with E-state index >= 15 is 0 Å². The van der Waals surface area contributed by atoms with Crippen LogP contribution in [-0.4, -0.2) is 6.41 Å². The molecule has 0 radical (unpaired) electrons. The van der Waals surface area contributed by atoms with Crippen molar-refractivity contribution in [2.75, 3.05) is 0 Å². The van der Waals surface area contributed by atoms with Crippen LogP contribution in [0.25, 0.3) is 0 Å². The molecule has 0 aliphatic rings. The molecule has 13 heavy (non-hydrogen) atoms. The highest BCUT2D eigenvalue weighted by molar-refractivity contribution is 9.10. The van der Waals surface area contributed by atoms with E-state index in [1.165, 1.54) is 21.2 Å². The van der Waals surface area contributed by atoms with Gasteiger partial charge in [-0.05, 0) is 49.6 Å². The van der Waals surface area contributed by atoms with Crippen molar-refractivity contribution in [3.63, 3.8) is 0 Å². The molecule has 1 amide bonds. The minimum atomic E-state index is 0.250. The van der Waals surface area contributed by atoms with Crippen molar-refractivity contribution < 1.29 is 4.79 Å². The highest BCUT2D eigenvalue weighted by Crippen LogP contribution is 2.18. The maximum atomic E-state index is 8.58. The van der Waals surface area contributed by atoms with Gasteiger partial charge in [0.15, 0.2) is 0 Å². The zero-order valence-corrected chi connectivity index (χ0v) is 9.68. The number of aryl methyl sites for hydroxylation is 2. The molecule has 0 atom stereocenters. The van der Waals surface area contributed by atoms with Crippen molar-refractivity contribution in [1.29, 1.82) is 0 Å². The molecule has 0 fully saturated rings. The molecule has 2 N–H and O–H groups in total. The molecule has 0 unspecified atom stereocenters. The molecule has 0 spiro atoms. The quantitative estimate of drug-likeness (QED) is 0.700. The van der Waals surface area contributed by atoms with Crippen molar-refractivity contribution in [2.24, 2.45) is 5.73 Å². The fraction of sp³-hybridized carbons (Fsp3) is 0.300. The lowest BCUT2D eigenvalue weighted by Crippen LogP contribution is -1.84. The summed E-state index contributed by atoms with van der Waals surface area (Å²) in [7, 11) is 0. The average Bonchev–Trinajstić information content (AvgIpc) is 2.01. The number of nitrogens with two attached hydrogens (primary N) is 1. The highest BCUT2D eigenvalue weighted by atomic mass is 79.9. The molecule has 0 heterocycles. The first-order valence-electron chi connectivity index (χ1n) is 3.91. The van der Waals surface area contributed by atoms with Crippen molar-refractivity contribution >= 4 is 22.3 Å². The van der Waals surface area contributed by atoms with Gasteiger partial charge in [-0.25, -0.2) is 0 Å². The van der Waals surface area contributed by atoms with Gasteiger partial charge < -0.3 is 5.73 Å². The summed E-state index contributed by atoms with van der Waals surface area (Å²) in [6.45, 7) is 6.41. The second-order valence-corrected chi connectivity index (χ2v) is 3.72. The Morgan fingerprint density at radius 2 is 1.54 bits per heavy atom. The van der Waals surface area contributed by atoms with Crippen LogP contribution in [0.2, 0.25) is 0 Å². The van der Waals surface area contributed by atoms with Gasteiger partial charge in [-0.3, -0.25) is 4.79 Å². The third kappa shape index (κ3) is 4.08. The molecule has 1 rings (SSSR count). The number of carbonyl (C=O) groups is 1. The number of halogens is 1. The summed E-state index contributed by atoms with van der Waals surface area (Å²) in [5.74, 6) is 0. The number of benzene rings is 1. The molecule has 2 nitrogen and oxygen atoms in total. The van der Waals surface area contributed by atoms with Gasteiger partial charge in [-0.1, -0.05) is 15.9 Å². The maximum absolute atomic E-state index is 8.58. The number of hydrogen-bond donors (Lipinski definition) is 1. The smallest absolute Gasteiger partial charge is 0.204 e. The Labute approximate surface area is 87.3 Å². The van der Waals surface area contributed by atoms with Gasteiger partial charge in [0.25, 0.3) is 0 Å². The van der Waals surface area contributed by atoms with Crippen LogP contribution in [0.5, 0.6) is 0 Å². The van der Waals surface area contributed by atoms with Crippen LogP contribution < -0.4 is 5.73 Å². The molecule has 0 saturated carbocycles. The maximum Gasteiger partial charge on any atom is 0.204 e. The fourth-order valence-corrected chi connectivity index (χ4v) is 1.67. The summed E-state index contributed by atoms with van der Waals surface area (Å²) in [5.41, 5.74) is 8.27. The van der Waals surface area contributed by atoms with Crippen LogP contribution >= 0.6 is 15.9 Å². The molecule has 0 aliphatic carbocycles. The molecule has 72 valence electrons. The normalized spacial score (nSPS) is 8.62. The number of amides is 1. The van der Waals surface area contributed by atoms with Gasteiger partial charge in [0, 0.05) is 4.47 Å². The van der Waals surface area contributed by atoms with Crippen LogP contribution in [0.1, 0.15) is 16.7 Å². The SMILES string of the molecule is Cc1cc(Br)cc(C)c1C.NC=O. The summed E-state index contributed by atoms with van der Waals surface area (Å²) >= 11 is 3.45. The zero-order valence-electron chi connectivity index (χ0n) is 8.10. The molecule has 0 aromatic heterocycles. The van der Waals surface area contributed by atoms with Gasteiger partial charge in [0.05, 0.1) is 0 Å². The standard InChI is InChI=1S/C9H11Br.CH3NO/c1-6-4-9(10)5-7(2)8(6)3;2-1-3/h4-5H,1-3H3;1H,(H2,2,3). The minimum Gasteiger partial charge on any atom is -0.372 e. The molecule has 0 aliphatic heterocycles. The van der Waals surface area contributed by atoms with E-state index in [-0.39, 0.29) is 6.41 Å². The lowest BCUT2D eigenvalue weighted by Gasteiger charge is -2.03. The first-order chi connectivity index (χ1) is 6.02. The second kappa shape index (κ2) is 5.75. The molecule has 1 aromatic rings. The Kier molecular flexibility index (Phi) is 5.39. The molecular formula is C10H14BrNO. The monoisotopic (exact) mass is 243 g/mol. The van der Waals surface area contributed by atoms with E-state index < -0.39 is 0 Å². The summed E-state index contributed by atoms with van der Waals surface area (Å²) in [4.78, 5) is 8.58. The third-order valence-electron chi connectivity index (χ3n) is 1.89. The molecule has 0 saturated heterocycles. The van der Waals surface area contributed by atoms with E-state index in [0.29, 0.717) is 0 Å². The molecule has 1 aromatic carbocycles. The van der Waals surface area contributed by atoms with E-state index in [2.05, 4.69) is 54.6 Å². The number of hydrogen-bond acceptors (Lipinski definition) is 1. The van der Waals surface area contributed by atoms with Gasteiger partial charge in [0.2, 0.25) is 6.41 Å². The Morgan fingerprint density at radius 3 is 1.85 bits per heavy atom. The van der Waals surface area contributed by atoms with E-state index in [9.17, 15) is 0 Å². The fourth-order valence-electron chi connectivity index (χ4n) is 0.983. The second-order valence-electron chi connectivity index (χ2n) is 2.80. The van der Waals surface area contributed by atoms with Gasteiger partial charge in [-0.15, -0.1) is 0 Å². The van der Waals surface area contributed by atoms with E-state index in [0.717, 1.165) is 0 Å². The first-order valence-corrected chi connectivity index (χ1v) is 4.71.